The second-order valence-corrected chi connectivity index (χ2v) is 5.60. The van der Waals surface area contributed by atoms with Gasteiger partial charge in [-0.2, -0.15) is 5.26 Å². The van der Waals surface area contributed by atoms with Crippen LogP contribution < -0.4 is 0 Å². The lowest BCUT2D eigenvalue weighted by Crippen LogP contribution is -2.05. The van der Waals surface area contributed by atoms with Gasteiger partial charge in [-0.3, -0.25) is 0 Å². The van der Waals surface area contributed by atoms with Gasteiger partial charge < -0.3 is 13.7 Å². The molecule has 0 saturated carbocycles. The molecule has 0 aliphatic carbocycles. The Morgan fingerprint density at radius 3 is 2.81 bits per heavy atom. The van der Waals surface area contributed by atoms with E-state index in [1.807, 2.05) is 36.4 Å². The van der Waals surface area contributed by atoms with Gasteiger partial charge in [-0.25, -0.2) is 4.79 Å². The highest BCUT2D eigenvalue weighted by molar-refractivity contribution is 5.89. The number of hydrogen-bond acceptors (Lipinski definition) is 6. The van der Waals surface area contributed by atoms with Gasteiger partial charge in [-0.15, -0.1) is 0 Å². The Morgan fingerprint density at radius 1 is 1.08 bits per heavy atom. The van der Waals surface area contributed by atoms with Crippen LogP contribution in [0, 0.1) is 11.3 Å². The minimum Gasteiger partial charge on any atom is -0.455 e. The summed E-state index contributed by atoms with van der Waals surface area (Å²) in [7, 11) is 0. The molecule has 6 nitrogen and oxygen atoms in total. The minimum atomic E-state index is -0.532. The molecule has 26 heavy (non-hydrogen) atoms. The van der Waals surface area contributed by atoms with Gasteiger partial charge in [0.15, 0.2) is 5.76 Å². The molecule has 0 spiro atoms. The lowest BCUT2D eigenvalue weighted by Gasteiger charge is -2.02. The Balaban J connectivity index is 1.46. The largest absolute Gasteiger partial charge is 0.455 e. The summed E-state index contributed by atoms with van der Waals surface area (Å²) in [6, 6.07) is 19.4. The first-order chi connectivity index (χ1) is 12.7. The lowest BCUT2D eigenvalue weighted by molar-refractivity contribution is 0.0464. The zero-order chi connectivity index (χ0) is 17.9. The molecule has 2 aromatic carbocycles. The van der Waals surface area contributed by atoms with Crippen molar-refractivity contribution < 1.29 is 18.5 Å². The zero-order valence-corrected chi connectivity index (χ0v) is 13.5. The number of fused-ring (bicyclic) bond motifs is 1. The molecule has 0 aliphatic rings. The monoisotopic (exact) mass is 344 g/mol. The number of rotatable bonds is 4. The van der Waals surface area contributed by atoms with Gasteiger partial charge in [0.1, 0.15) is 17.9 Å². The van der Waals surface area contributed by atoms with Gasteiger partial charge in [0.25, 0.3) is 0 Å². The summed E-state index contributed by atoms with van der Waals surface area (Å²) in [5, 5.41) is 13.7. The quantitative estimate of drug-likeness (QED) is 0.512. The Morgan fingerprint density at radius 2 is 1.96 bits per heavy atom. The van der Waals surface area contributed by atoms with E-state index in [4.69, 9.17) is 18.9 Å². The second-order valence-electron chi connectivity index (χ2n) is 5.60. The van der Waals surface area contributed by atoms with Gasteiger partial charge in [0.05, 0.1) is 17.2 Å². The van der Waals surface area contributed by atoms with Crippen LogP contribution in [0.1, 0.15) is 21.6 Å². The van der Waals surface area contributed by atoms with Crippen molar-refractivity contribution in [3.63, 3.8) is 0 Å². The van der Waals surface area contributed by atoms with Crippen molar-refractivity contribution in [1.82, 2.24) is 5.16 Å². The SMILES string of the molecule is N#Cc1cccc(C(=O)OCc2cc(-c3cc4ccccc4o3)on2)c1. The molecule has 2 aromatic heterocycles. The molecular formula is C20H12N2O4. The number of nitrogens with zero attached hydrogens (tertiary/aromatic N) is 2. The molecule has 2 heterocycles. The highest BCUT2D eigenvalue weighted by Crippen LogP contribution is 2.28. The molecule has 6 heteroatoms. The normalized spacial score (nSPS) is 10.6. The Bertz CT molecular complexity index is 1100. The fourth-order valence-corrected chi connectivity index (χ4v) is 2.54. The Kier molecular flexibility index (Phi) is 3.96. The van der Waals surface area contributed by atoms with E-state index < -0.39 is 5.97 Å². The van der Waals surface area contributed by atoms with Gasteiger partial charge in [-0.1, -0.05) is 29.4 Å². The van der Waals surface area contributed by atoms with Crippen LogP contribution in [-0.4, -0.2) is 11.1 Å². The van der Waals surface area contributed by atoms with E-state index >= 15 is 0 Å². The zero-order valence-electron chi connectivity index (χ0n) is 13.5. The topological polar surface area (TPSA) is 89.3 Å². The van der Waals surface area contributed by atoms with Crippen molar-refractivity contribution >= 4 is 16.9 Å². The van der Waals surface area contributed by atoms with Crippen LogP contribution in [-0.2, 0) is 11.3 Å². The van der Waals surface area contributed by atoms with Gasteiger partial charge in [-0.05, 0) is 30.3 Å². The summed E-state index contributed by atoms with van der Waals surface area (Å²) in [5.41, 5.74) is 1.92. The van der Waals surface area contributed by atoms with Crippen molar-refractivity contribution in [1.29, 1.82) is 5.26 Å². The molecule has 126 valence electrons. The molecule has 0 saturated heterocycles. The van der Waals surface area contributed by atoms with Crippen molar-refractivity contribution in [3.8, 4) is 17.6 Å². The molecular weight excluding hydrogens is 332 g/mol. The molecule has 0 amide bonds. The van der Waals surface area contributed by atoms with Gasteiger partial charge >= 0.3 is 5.97 Å². The molecule has 0 atom stereocenters. The van der Waals surface area contributed by atoms with Gasteiger partial charge in [0, 0.05) is 11.5 Å². The van der Waals surface area contributed by atoms with Crippen LogP contribution in [0.15, 0.2) is 69.6 Å². The standard InChI is InChI=1S/C20H12N2O4/c21-11-13-4-3-6-15(8-13)20(23)24-12-16-10-19(26-22-16)18-9-14-5-1-2-7-17(14)25-18/h1-10H,12H2. The summed E-state index contributed by atoms with van der Waals surface area (Å²) in [4.78, 5) is 12.1. The molecule has 0 bridgehead atoms. The smallest absolute Gasteiger partial charge is 0.338 e. The predicted octanol–water partition coefficient (Wildman–Crippen LogP) is 4.32. The summed E-state index contributed by atoms with van der Waals surface area (Å²) in [6.45, 7) is -0.0423. The average Bonchev–Trinajstić information content (AvgIpc) is 3.32. The van der Waals surface area contributed by atoms with Crippen LogP contribution in [0.5, 0.6) is 0 Å². The van der Waals surface area contributed by atoms with Crippen molar-refractivity contribution in [3.05, 3.63) is 77.5 Å². The van der Waals surface area contributed by atoms with Crippen LogP contribution in [0.2, 0.25) is 0 Å². The number of ether oxygens (including phenoxy) is 1. The summed E-state index contributed by atoms with van der Waals surface area (Å²) in [6.07, 6.45) is 0. The number of para-hydroxylation sites is 1. The minimum absolute atomic E-state index is 0.0423. The number of furan rings is 1. The molecule has 0 N–H and O–H groups in total. The predicted molar refractivity (Wildman–Crippen MR) is 92.0 cm³/mol. The second kappa shape index (κ2) is 6.57. The molecule has 0 fully saturated rings. The van der Waals surface area contributed by atoms with E-state index in [2.05, 4.69) is 5.16 Å². The number of hydrogen-bond donors (Lipinski definition) is 0. The van der Waals surface area contributed by atoms with E-state index in [-0.39, 0.29) is 6.61 Å². The highest BCUT2D eigenvalue weighted by atomic mass is 16.5. The number of benzene rings is 2. The maximum Gasteiger partial charge on any atom is 0.338 e. The third-order valence-electron chi connectivity index (χ3n) is 3.81. The number of nitriles is 1. The van der Waals surface area contributed by atoms with Crippen molar-refractivity contribution in [2.75, 3.05) is 0 Å². The molecule has 0 unspecified atom stereocenters. The molecule has 4 aromatic rings. The van der Waals surface area contributed by atoms with Crippen molar-refractivity contribution in [2.24, 2.45) is 0 Å². The highest BCUT2D eigenvalue weighted by Gasteiger charge is 2.14. The maximum atomic E-state index is 12.1. The van der Waals surface area contributed by atoms with E-state index in [1.165, 1.54) is 6.07 Å². The van der Waals surface area contributed by atoms with E-state index in [0.717, 1.165) is 11.0 Å². The van der Waals surface area contributed by atoms with Crippen LogP contribution >= 0.6 is 0 Å². The molecule has 4 rings (SSSR count). The molecule has 0 aliphatic heterocycles. The van der Waals surface area contributed by atoms with E-state index in [1.54, 1.807) is 24.3 Å². The first-order valence-electron chi connectivity index (χ1n) is 7.85. The third-order valence-corrected chi connectivity index (χ3v) is 3.81. The van der Waals surface area contributed by atoms with Crippen LogP contribution in [0.4, 0.5) is 0 Å². The summed E-state index contributed by atoms with van der Waals surface area (Å²) < 4.78 is 16.2. The Hall–Kier alpha value is -3.85. The number of carbonyl (C=O) groups is 1. The van der Waals surface area contributed by atoms with Crippen LogP contribution in [0.25, 0.3) is 22.5 Å². The lowest BCUT2D eigenvalue weighted by atomic mass is 10.1. The van der Waals surface area contributed by atoms with Crippen LogP contribution in [0.3, 0.4) is 0 Å². The number of carbonyl (C=O) groups excluding carboxylic acids is 1. The molecule has 0 radical (unpaired) electrons. The Labute approximate surface area is 148 Å². The fourth-order valence-electron chi connectivity index (χ4n) is 2.54. The number of aromatic nitrogens is 1. The maximum absolute atomic E-state index is 12.1. The van der Waals surface area contributed by atoms with Gasteiger partial charge in [0.2, 0.25) is 5.76 Å². The summed E-state index contributed by atoms with van der Waals surface area (Å²) in [5.74, 6) is 0.479. The van der Waals surface area contributed by atoms with Crippen molar-refractivity contribution in [2.45, 2.75) is 6.61 Å². The first kappa shape index (κ1) is 15.7. The summed E-state index contributed by atoms with van der Waals surface area (Å²) >= 11 is 0. The van der Waals surface area contributed by atoms with E-state index in [9.17, 15) is 4.79 Å². The number of esters is 1. The fraction of sp³-hybridized carbons (Fsp3) is 0.0500. The van der Waals surface area contributed by atoms with E-state index in [0.29, 0.717) is 28.3 Å². The average molecular weight is 344 g/mol. The first-order valence-corrected chi connectivity index (χ1v) is 7.85. The third kappa shape index (κ3) is 3.06.